The average Bonchev–Trinajstić information content (AvgIpc) is 2.54. The first-order valence-electron chi connectivity index (χ1n) is 9.35. The Morgan fingerprint density at radius 2 is 1.50 bits per heavy atom. The first-order chi connectivity index (χ1) is 10.7. The maximum absolute atomic E-state index is 12.0. The normalized spacial score (nSPS) is 32.5. The van der Waals surface area contributed by atoms with Gasteiger partial charge >= 0.3 is 6.08 Å². The van der Waals surface area contributed by atoms with Gasteiger partial charge in [0.2, 0.25) is 0 Å². The number of hydrogen-bond donors (Lipinski definition) is 0. The van der Waals surface area contributed by atoms with E-state index in [-0.39, 0.29) is 6.10 Å². The molecule has 0 aromatic heterocycles. The molecular weight excluding hydrogens is 282 g/mol. The van der Waals surface area contributed by atoms with E-state index >= 15 is 0 Å². The van der Waals surface area contributed by atoms with Crippen molar-refractivity contribution in [1.29, 1.82) is 0 Å². The molecule has 22 heavy (non-hydrogen) atoms. The summed E-state index contributed by atoms with van der Waals surface area (Å²) in [4.78, 5) is 0. The van der Waals surface area contributed by atoms with Crippen LogP contribution in [0.2, 0.25) is 0 Å². The Kier molecular flexibility index (Phi) is 7.68. The third-order valence-electron chi connectivity index (χ3n) is 5.84. The summed E-state index contributed by atoms with van der Waals surface area (Å²) in [7, 11) is 0. The molecule has 2 rings (SSSR count). The Balaban J connectivity index is 1.63. The predicted molar refractivity (Wildman–Crippen MR) is 86.7 cm³/mol. The van der Waals surface area contributed by atoms with Gasteiger partial charge in [-0.15, -0.1) is 0 Å². The Hall–Kier alpha value is -0.600. The second kappa shape index (κ2) is 9.52. The summed E-state index contributed by atoms with van der Waals surface area (Å²) >= 11 is 0. The van der Waals surface area contributed by atoms with Crippen molar-refractivity contribution >= 4 is 0 Å². The Bertz CT molecular complexity index is 322. The van der Waals surface area contributed by atoms with Crippen LogP contribution in [0.4, 0.5) is 8.78 Å². The van der Waals surface area contributed by atoms with Crippen LogP contribution in [-0.4, -0.2) is 6.10 Å². The maximum atomic E-state index is 12.0. The molecule has 0 saturated heterocycles. The quantitative estimate of drug-likeness (QED) is 0.376. The molecule has 2 aliphatic rings. The van der Waals surface area contributed by atoms with Crippen molar-refractivity contribution < 1.29 is 13.5 Å². The highest BCUT2D eigenvalue weighted by Crippen LogP contribution is 2.41. The van der Waals surface area contributed by atoms with E-state index in [1.807, 2.05) is 0 Å². The standard InChI is InChI=1S/C19H32F2O/c1-2-3-4-5-15-6-8-16(9-7-15)17-10-12-18(13-11-17)22-14-19(20)21/h14-18H,2-13H2,1H3/t15-,16-,17?,18?. The third-order valence-corrected chi connectivity index (χ3v) is 5.84. The molecular formula is C19H32F2O. The van der Waals surface area contributed by atoms with Gasteiger partial charge in [-0.25, -0.2) is 0 Å². The van der Waals surface area contributed by atoms with Gasteiger partial charge in [-0.1, -0.05) is 45.4 Å². The van der Waals surface area contributed by atoms with Crippen LogP contribution in [0.5, 0.6) is 0 Å². The molecule has 0 amide bonds. The van der Waals surface area contributed by atoms with Crippen molar-refractivity contribution in [3.63, 3.8) is 0 Å². The summed E-state index contributed by atoms with van der Waals surface area (Å²) in [6, 6.07) is 0. The minimum Gasteiger partial charge on any atom is -0.492 e. The molecule has 0 spiro atoms. The van der Waals surface area contributed by atoms with Crippen LogP contribution in [0, 0.1) is 17.8 Å². The molecule has 0 aromatic rings. The van der Waals surface area contributed by atoms with E-state index in [4.69, 9.17) is 4.74 Å². The van der Waals surface area contributed by atoms with E-state index in [9.17, 15) is 8.78 Å². The summed E-state index contributed by atoms with van der Waals surface area (Å²) < 4.78 is 29.2. The molecule has 2 saturated carbocycles. The molecule has 2 fully saturated rings. The molecule has 1 nitrogen and oxygen atoms in total. The van der Waals surface area contributed by atoms with E-state index in [2.05, 4.69) is 6.92 Å². The number of ether oxygens (including phenoxy) is 1. The van der Waals surface area contributed by atoms with Gasteiger partial charge in [0.25, 0.3) is 0 Å². The molecule has 0 radical (unpaired) electrons. The molecule has 0 atom stereocenters. The third kappa shape index (κ3) is 5.89. The van der Waals surface area contributed by atoms with Gasteiger partial charge in [-0.05, 0) is 56.3 Å². The van der Waals surface area contributed by atoms with Crippen molar-refractivity contribution in [2.75, 3.05) is 0 Å². The molecule has 0 aromatic carbocycles. The minimum absolute atomic E-state index is 0.0168. The molecule has 3 heteroatoms. The zero-order valence-corrected chi connectivity index (χ0v) is 14.0. The smallest absolute Gasteiger partial charge is 0.304 e. The first kappa shape index (κ1) is 17.7. The van der Waals surface area contributed by atoms with Gasteiger partial charge in [0.15, 0.2) is 0 Å². The van der Waals surface area contributed by atoms with Crippen LogP contribution < -0.4 is 0 Å². The average molecular weight is 314 g/mol. The number of rotatable bonds is 7. The topological polar surface area (TPSA) is 9.23 Å². The van der Waals surface area contributed by atoms with Gasteiger partial charge in [0.05, 0.1) is 6.10 Å². The van der Waals surface area contributed by atoms with Crippen molar-refractivity contribution in [3.8, 4) is 0 Å². The lowest BCUT2D eigenvalue weighted by molar-refractivity contribution is 0.0577. The summed E-state index contributed by atoms with van der Waals surface area (Å²) in [5.41, 5.74) is 0. The zero-order chi connectivity index (χ0) is 15.8. The van der Waals surface area contributed by atoms with Crippen molar-refractivity contribution in [1.82, 2.24) is 0 Å². The van der Waals surface area contributed by atoms with Crippen LogP contribution in [-0.2, 0) is 4.74 Å². The lowest BCUT2D eigenvalue weighted by Crippen LogP contribution is -2.28. The summed E-state index contributed by atoms with van der Waals surface area (Å²) in [5.74, 6) is 2.67. The largest absolute Gasteiger partial charge is 0.492 e. The maximum Gasteiger partial charge on any atom is 0.304 e. The van der Waals surface area contributed by atoms with Gasteiger partial charge in [0.1, 0.15) is 6.26 Å². The number of unbranched alkanes of at least 4 members (excludes halogenated alkanes) is 2. The molecule has 0 unspecified atom stereocenters. The molecule has 128 valence electrons. The SMILES string of the molecule is CCCCC[C@H]1CC[C@H](C2CCC(OC=C(F)F)CC2)CC1. The minimum atomic E-state index is -1.72. The second-order valence-electron chi connectivity index (χ2n) is 7.36. The second-order valence-corrected chi connectivity index (χ2v) is 7.36. The molecule has 0 N–H and O–H groups in total. The lowest BCUT2D eigenvalue weighted by atomic mass is 9.70. The highest BCUT2D eigenvalue weighted by Gasteiger charge is 2.31. The summed E-state index contributed by atoms with van der Waals surface area (Å²) in [5, 5.41) is 0. The molecule has 0 aliphatic heterocycles. The number of halogens is 2. The van der Waals surface area contributed by atoms with Crippen LogP contribution in [0.1, 0.15) is 84.0 Å². The highest BCUT2D eigenvalue weighted by atomic mass is 19.3. The van der Waals surface area contributed by atoms with Gasteiger partial charge in [0, 0.05) is 0 Å². The fraction of sp³-hybridized carbons (Fsp3) is 0.895. The van der Waals surface area contributed by atoms with Gasteiger partial charge in [-0.3, -0.25) is 0 Å². The van der Waals surface area contributed by atoms with Gasteiger partial charge in [-0.2, -0.15) is 8.78 Å². The summed E-state index contributed by atoms with van der Waals surface area (Å²) in [6.07, 6.45) is 14.3. The van der Waals surface area contributed by atoms with Crippen LogP contribution in [0.3, 0.4) is 0 Å². The van der Waals surface area contributed by atoms with Crippen LogP contribution in [0.25, 0.3) is 0 Å². The molecule has 0 bridgehead atoms. The van der Waals surface area contributed by atoms with Crippen LogP contribution >= 0.6 is 0 Å². The Morgan fingerprint density at radius 3 is 2.05 bits per heavy atom. The monoisotopic (exact) mass is 314 g/mol. The van der Waals surface area contributed by atoms with E-state index in [1.54, 1.807) is 0 Å². The highest BCUT2D eigenvalue weighted by molar-refractivity contribution is 4.83. The predicted octanol–water partition coefficient (Wildman–Crippen LogP) is 6.69. The Labute approximate surface area is 134 Å². The summed E-state index contributed by atoms with van der Waals surface area (Å²) in [6.45, 7) is 2.27. The van der Waals surface area contributed by atoms with Crippen molar-refractivity contribution in [3.05, 3.63) is 12.3 Å². The lowest BCUT2D eigenvalue weighted by Gasteiger charge is -2.37. The molecule has 0 heterocycles. The van der Waals surface area contributed by atoms with E-state index in [0.717, 1.165) is 43.4 Å². The van der Waals surface area contributed by atoms with Crippen molar-refractivity contribution in [2.24, 2.45) is 17.8 Å². The van der Waals surface area contributed by atoms with Crippen LogP contribution in [0.15, 0.2) is 12.3 Å². The van der Waals surface area contributed by atoms with Gasteiger partial charge < -0.3 is 4.74 Å². The van der Waals surface area contributed by atoms with E-state index < -0.39 is 6.08 Å². The van der Waals surface area contributed by atoms with Crippen molar-refractivity contribution in [2.45, 2.75) is 90.1 Å². The van der Waals surface area contributed by atoms with E-state index in [1.165, 1.54) is 51.4 Å². The van der Waals surface area contributed by atoms with E-state index in [0.29, 0.717) is 6.26 Å². The Morgan fingerprint density at radius 1 is 0.909 bits per heavy atom. The molecule has 2 aliphatic carbocycles. The zero-order valence-electron chi connectivity index (χ0n) is 14.0. The fourth-order valence-electron chi connectivity index (χ4n) is 4.48. The number of hydrogen-bond acceptors (Lipinski definition) is 1. The first-order valence-corrected chi connectivity index (χ1v) is 9.35. The fourth-order valence-corrected chi connectivity index (χ4v) is 4.48.